The fourth-order valence-electron chi connectivity index (χ4n) is 3.81. The highest BCUT2D eigenvalue weighted by Gasteiger charge is 2.06. The first-order valence-corrected chi connectivity index (χ1v) is 15.7. The van der Waals surface area contributed by atoms with Gasteiger partial charge in [0.05, 0.1) is 91.5 Å². The maximum absolute atomic E-state index is 11.8. The number of esters is 1. The smallest absolute Gasteiger partial charge is 0.338 e. The van der Waals surface area contributed by atoms with E-state index in [1.165, 1.54) is 75.6 Å². The summed E-state index contributed by atoms with van der Waals surface area (Å²) < 4.78 is 43.5. The number of aromatic hydroxyl groups is 1. The molecule has 0 saturated heterocycles. The summed E-state index contributed by atoms with van der Waals surface area (Å²) >= 11 is 0. The number of unbranched alkanes of at least 4 members (excludes halogenated alkanes) is 8. The lowest BCUT2D eigenvalue weighted by Crippen LogP contribution is -2.15. The Morgan fingerprint density at radius 1 is 0.476 bits per heavy atom. The third kappa shape index (κ3) is 25.9. The second-order valence-electron chi connectivity index (χ2n) is 9.80. The Kier molecular flexibility index (Phi) is 27.9. The molecule has 1 aromatic carbocycles. The third-order valence-electron chi connectivity index (χ3n) is 6.19. The monoisotopic (exact) mass is 600 g/mol. The van der Waals surface area contributed by atoms with Crippen molar-refractivity contribution in [2.24, 2.45) is 0 Å². The molecule has 1 rings (SSSR count). The summed E-state index contributed by atoms with van der Waals surface area (Å²) in [6.07, 6.45) is 11.9. The maximum atomic E-state index is 11.8. The summed E-state index contributed by atoms with van der Waals surface area (Å²) in [7, 11) is 0. The van der Waals surface area contributed by atoms with Crippen molar-refractivity contribution < 1.29 is 47.8 Å². The first-order valence-electron chi connectivity index (χ1n) is 15.7. The number of phenolic OH excluding ortho intramolecular Hbond substituents is 1. The van der Waals surface area contributed by atoms with Gasteiger partial charge in [0.1, 0.15) is 12.4 Å². The predicted octanol–water partition coefficient (Wildman–Crippen LogP) is 5.20. The molecule has 0 aromatic heterocycles. The van der Waals surface area contributed by atoms with E-state index in [0.29, 0.717) is 84.8 Å². The minimum atomic E-state index is -0.454. The van der Waals surface area contributed by atoms with Crippen molar-refractivity contribution in [3.8, 4) is 5.75 Å². The molecule has 0 spiro atoms. The average molecular weight is 601 g/mol. The molecule has 0 heterocycles. The van der Waals surface area contributed by atoms with E-state index in [1.807, 2.05) is 0 Å². The summed E-state index contributed by atoms with van der Waals surface area (Å²) in [6, 6.07) is 5.88. The average Bonchev–Trinajstić information content (AvgIpc) is 3.00. The molecule has 10 heteroatoms. The summed E-state index contributed by atoms with van der Waals surface area (Å²) in [5.74, 6) is -0.354. The van der Waals surface area contributed by atoms with Crippen molar-refractivity contribution in [2.45, 2.75) is 64.7 Å². The first kappa shape index (κ1) is 38.2. The van der Waals surface area contributed by atoms with Crippen LogP contribution in [-0.4, -0.2) is 110 Å². The van der Waals surface area contributed by atoms with Crippen LogP contribution in [0.2, 0.25) is 0 Å². The van der Waals surface area contributed by atoms with Gasteiger partial charge in [-0.15, -0.1) is 0 Å². The summed E-state index contributed by atoms with van der Waals surface area (Å²) in [5.41, 5.74) is 0.381. The third-order valence-corrected chi connectivity index (χ3v) is 6.19. The van der Waals surface area contributed by atoms with Crippen molar-refractivity contribution in [1.82, 2.24) is 0 Å². The number of benzene rings is 1. The molecule has 0 unspecified atom stereocenters. The molecular formula is C32H56O10. The Hall–Kier alpha value is -1.79. The first-order chi connectivity index (χ1) is 20.7. The van der Waals surface area contributed by atoms with Gasteiger partial charge in [-0.3, -0.25) is 0 Å². The largest absolute Gasteiger partial charge is 0.508 e. The van der Waals surface area contributed by atoms with Gasteiger partial charge in [0.25, 0.3) is 0 Å². The Balaban J connectivity index is 1.66. The zero-order chi connectivity index (χ0) is 30.2. The molecule has 0 fully saturated rings. The van der Waals surface area contributed by atoms with Crippen LogP contribution in [0.4, 0.5) is 0 Å². The van der Waals surface area contributed by atoms with Crippen LogP contribution in [0, 0.1) is 0 Å². The summed E-state index contributed by atoms with van der Waals surface area (Å²) in [6.45, 7) is 9.68. The number of phenols is 1. The van der Waals surface area contributed by atoms with E-state index in [9.17, 15) is 9.90 Å². The van der Waals surface area contributed by atoms with Gasteiger partial charge in [0, 0.05) is 6.61 Å². The van der Waals surface area contributed by atoms with Crippen molar-refractivity contribution in [1.29, 1.82) is 0 Å². The standard InChI is InChI=1S/C32H56O10/c1-2-3-4-5-6-7-8-9-10-15-35-16-17-36-18-19-37-20-21-38-22-23-39-24-25-40-26-27-41-28-29-42-32(34)30-11-13-31(33)14-12-30/h11-14,33H,2-10,15-29H2,1H3. The molecule has 1 N–H and O–H groups in total. The Labute approximate surface area is 253 Å². The van der Waals surface area contributed by atoms with Gasteiger partial charge < -0.3 is 43.0 Å². The predicted molar refractivity (Wildman–Crippen MR) is 161 cm³/mol. The van der Waals surface area contributed by atoms with Gasteiger partial charge in [0.15, 0.2) is 0 Å². The zero-order valence-electron chi connectivity index (χ0n) is 25.9. The van der Waals surface area contributed by atoms with Gasteiger partial charge >= 0.3 is 5.97 Å². The van der Waals surface area contributed by atoms with Crippen LogP contribution in [0.5, 0.6) is 5.75 Å². The number of carbonyl (C=O) groups excluding carboxylic acids is 1. The number of hydrogen-bond donors (Lipinski definition) is 1. The van der Waals surface area contributed by atoms with Crippen molar-refractivity contribution >= 4 is 5.97 Å². The molecule has 10 nitrogen and oxygen atoms in total. The Bertz CT molecular complexity index is 701. The highest BCUT2D eigenvalue weighted by molar-refractivity contribution is 5.89. The second kappa shape index (κ2) is 30.7. The molecule has 0 saturated carbocycles. The number of ether oxygens (including phenoxy) is 8. The lowest BCUT2D eigenvalue weighted by molar-refractivity contribution is -0.0223. The molecule has 0 radical (unpaired) electrons. The van der Waals surface area contributed by atoms with Gasteiger partial charge in [-0.05, 0) is 30.7 Å². The topological polar surface area (TPSA) is 111 Å². The van der Waals surface area contributed by atoms with Crippen LogP contribution in [-0.2, 0) is 37.9 Å². The fourth-order valence-corrected chi connectivity index (χ4v) is 3.81. The van der Waals surface area contributed by atoms with E-state index in [2.05, 4.69) is 6.92 Å². The minimum Gasteiger partial charge on any atom is -0.508 e. The molecule has 244 valence electrons. The SMILES string of the molecule is CCCCCCCCCCCOCCOCCOCCOCCOCCOCCOCCOC(=O)c1ccc(O)cc1. The normalized spacial score (nSPS) is 11.3. The molecule has 0 bridgehead atoms. The van der Waals surface area contributed by atoms with Gasteiger partial charge in [-0.1, -0.05) is 58.3 Å². The van der Waals surface area contributed by atoms with Gasteiger partial charge in [0.2, 0.25) is 0 Å². The van der Waals surface area contributed by atoms with Gasteiger partial charge in [-0.25, -0.2) is 4.79 Å². The Morgan fingerprint density at radius 2 is 0.810 bits per heavy atom. The molecule has 1 aromatic rings. The van der Waals surface area contributed by atoms with E-state index in [4.69, 9.17) is 37.9 Å². The highest BCUT2D eigenvalue weighted by atomic mass is 16.6. The summed E-state index contributed by atoms with van der Waals surface area (Å²) in [5, 5.41) is 9.23. The van der Waals surface area contributed by atoms with E-state index in [0.717, 1.165) is 13.0 Å². The second-order valence-corrected chi connectivity index (χ2v) is 9.80. The quantitative estimate of drug-likeness (QED) is 0.0875. The summed E-state index contributed by atoms with van der Waals surface area (Å²) in [4.78, 5) is 11.8. The number of carbonyl (C=O) groups is 1. The van der Waals surface area contributed by atoms with E-state index < -0.39 is 5.97 Å². The zero-order valence-corrected chi connectivity index (χ0v) is 25.9. The van der Waals surface area contributed by atoms with Crippen LogP contribution in [0.25, 0.3) is 0 Å². The molecular weight excluding hydrogens is 544 g/mol. The molecule has 0 atom stereocenters. The van der Waals surface area contributed by atoms with Crippen molar-refractivity contribution in [3.05, 3.63) is 29.8 Å². The molecule has 42 heavy (non-hydrogen) atoms. The van der Waals surface area contributed by atoms with Crippen LogP contribution < -0.4 is 0 Å². The van der Waals surface area contributed by atoms with Crippen LogP contribution in [0.15, 0.2) is 24.3 Å². The molecule has 0 aliphatic carbocycles. The molecule has 0 aliphatic rings. The van der Waals surface area contributed by atoms with Gasteiger partial charge in [-0.2, -0.15) is 0 Å². The number of hydrogen-bond acceptors (Lipinski definition) is 10. The molecule has 0 aliphatic heterocycles. The van der Waals surface area contributed by atoms with Crippen LogP contribution in [0.3, 0.4) is 0 Å². The Morgan fingerprint density at radius 3 is 1.21 bits per heavy atom. The maximum Gasteiger partial charge on any atom is 0.338 e. The molecule has 0 amide bonds. The number of rotatable bonds is 32. The van der Waals surface area contributed by atoms with E-state index in [-0.39, 0.29) is 19.0 Å². The lowest BCUT2D eigenvalue weighted by Gasteiger charge is -2.09. The van der Waals surface area contributed by atoms with Crippen molar-refractivity contribution in [3.63, 3.8) is 0 Å². The van der Waals surface area contributed by atoms with Crippen LogP contribution >= 0.6 is 0 Å². The fraction of sp³-hybridized carbons (Fsp3) is 0.781. The minimum absolute atomic E-state index is 0.100. The van der Waals surface area contributed by atoms with E-state index in [1.54, 1.807) is 0 Å². The lowest BCUT2D eigenvalue weighted by atomic mass is 10.1. The van der Waals surface area contributed by atoms with Crippen LogP contribution in [0.1, 0.15) is 75.1 Å². The van der Waals surface area contributed by atoms with E-state index >= 15 is 0 Å². The highest BCUT2D eigenvalue weighted by Crippen LogP contribution is 2.11. The van der Waals surface area contributed by atoms with Crippen molar-refractivity contribution in [2.75, 3.05) is 99.1 Å².